The van der Waals surface area contributed by atoms with E-state index >= 15 is 0 Å². The van der Waals surface area contributed by atoms with Gasteiger partial charge < -0.3 is 11.1 Å². The summed E-state index contributed by atoms with van der Waals surface area (Å²) in [6, 6.07) is 14.0. The molecule has 0 radical (unpaired) electrons. The van der Waals surface area contributed by atoms with E-state index in [4.69, 9.17) is 17.3 Å². The summed E-state index contributed by atoms with van der Waals surface area (Å²) in [5.41, 5.74) is 7.83. The first-order chi connectivity index (χ1) is 11.5. The maximum absolute atomic E-state index is 13.0. The molecule has 0 bridgehead atoms. The lowest BCUT2D eigenvalue weighted by molar-refractivity contribution is -0.117. The lowest BCUT2D eigenvalue weighted by atomic mass is 9.95. The molecule has 0 unspecified atom stereocenters. The lowest BCUT2D eigenvalue weighted by Crippen LogP contribution is -2.33. The van der Waals surface area contributed by atoms with Crippen molar-refractivity contribution in [2.75, 3.05) is 25.0 Å². The van der Waals surface area contributed by atoms with E-state index in [0.29, 0.717) is 12.2 Å². The van der Waals surface area contributed by atoms with Gasteiger partial charge in [0.25, 0.3) is 0 Å². The van der Waals surface area contributed by atoms with Crippen molar-refractivity contribution in [2.24, 2.45) is 5.73 Å². The van der Waals surface area contributed by atoms with Gasteiger partial charge in [0.05, 0.1) is 17.3 Å². The summed E-state index contributed by atoms with van der Waals surface area (Å²) in [6.07, 6.45) is 0. The predicted octanol–water partition coefficient (Wildman–Crippen LogP) is 3.27. The standard InChI is InChI=1S/C18H19ClFN3O.ClH/c19-15-8-13(20)6-7-17(15)22-18(24)11-23-9-14(16(21)10-23)12-4-2-1-3-5-12;/h1-8,14,16H,9-11,21H2,(H,22,24);1H/t14-,16+;/m0./s1. The van der Waals surface area contributed by atoms with Gasteiger partial charge in [0.1, 0.15) is 5.82 Å². The van der Waals surface area contributed by atoms with E-state index < -0.39 is 5.82 Å². The monoisotopic (exact) mass is 383 g/mol. The number of likely N-dealkylation sites (tertiary alicyclic amines) is 1. The Balaban J connectivity index is 0.00000225. The molecule has 1 aliphatic heterocycles. The zero-order valence-corrected chi connectivity index (χ0v) is 15.1. The average Bonchev–Trinajstić information content (AvgIpc) is 2.91. The molecule has 0 spiro atoms. The summed E-state index contributed by atoms with van der Waals surface area (Å²) >= 11 is 5.93. The van der Waals surface area contributed by atoms with Crippen LogP contribution >= 0.6 is 24.0 Å². The first-order valence-electron chi connectivity index (χ1n) is 7.80. The van der Waals surface area contributed by atoms with Gasteiger partial charge in [0, 0.05) is 25.0 Å². The van der Waals surface area contributed by atoms with Crippen LogP contribution in [0.4, 0.5) is 10.1 Å². The molecule has 1 amide bonds. The van der Waals surface area contributed by atoms with Crippen molar-refractivity contribution in [1.29, 1.82) is 0 Å². The molecule has 2 aromatic carbocycles. The number of nitrogens with one attached hydrogen (secondary N) is 1. The van der Waals surface area contributed by atoms with Crippen LogP contribution in [0.1, 0.15) is 11.5 Å². The number of rotatable bonds is 4. The van der Waals surface area contributed by atoms with Gasteiger partial charge in [0.15, 0.2) is 0 Å². The molecule has 4 nitrogen and oxygen atoms in total. The number of hydrogen-bond acceptors (Lipinski definition) is 3. The van der Waals surface area contributed by atoms with Crippen molar-refractivity contribution < 1.29 is 9.18 Å². The number of benzene rings is 2. The van der Waals surface area contributed by atoms with Crippen molar-refractivity contribution in [3.63, 3.8) is 0 Å². The van der Waals surface area contributed by atoms with Crippen LogP contribution in [-0.2, 0) is 4.79 Å². The molecular formula is C18H20Cl2FN3O. The summed E-state index contributed by atoms with van der Waals surface area (Å²) in [4.78, 5) is 14.2. The third-order valence-electron chi connectivity index (χ3n) is 4.24. The highest BCUT2D eigenvalue weighted by atomic mass is 35.5. The third kappa shape index (κ3) is 4.92. The largest absolute Gasteiger partial charge is 0.326 e. The van der Waals surface area contributed by atoms with Gasteiger partial charge in [-0.05, 0) is 23.8 Å². The zero-order valence-electron chi connectivity index (χ0n) is 13.5. The first kappa shape index (κ1) is 19.7. The minimum absolute atomic E-state index is 0. The van der Waals surface area contributed by atoms with Gasteiger partial charge in [-0.2, -0.15) is 0 Å². The molecule has 3 rings (SSSR count). The van der Waals surface area contributed by atoms with Crippen LogP contribution in [0.3, 0.4) is 0 Å². The molecule has 0 aromatic heterocycles. The number of carbonyl (C=O) groups excluding carboxylic acids is 1. The minimum atomic E-state index is -0.436. The molecule has 1 fully saturated rings. The average molecular weight is 384 g/mol. The Bertz CT molecular complexity index is 730. The lowest BCUT2D eigenvalue weighted by Gasteiger charge is -2.16. The Hall–Kier alpha value is -1.66. The van der Waals surface area contributed by atoms with Crippen LogP contribution in [0.15, 0.2) is 48.5 Å². The number of anilines is 1. The van der Waals surface area contributed by atoms with E-state index in [2.05, 4.69) is 17.4 Å². The van der Waals surface area contributed by atoms with E-state index in [-0.39, 0.29) is 41.8 Å². The smallest absolute Gasteiger partial charge is 0.238 e. The Labute approximate surface area is 157 Å². The van der Waals surface area contributed by atoms with E-state index in [0.717, 1.165) is 6.54 Å². The zero-order chi connectivity index (χ0) is 17.1. The third-order valence-corrected chi connectivity index (χ3v) is 4.55. The summed E-state index contributed by atoms with van der Waals surface area (Å²) in [5.74, 6) is -0.410. The molecule has 1 aliphatic rings. The van der Waals surface area contributed by atoms with Crippen LogP contribution in [0.25, 0.3) is 0 Å². The van der Waals surface area contributed by atoms with Crippen molar-refractivity contribution in [1.82, 2.24) is 4.90 Å². The highest BCUT2D eigenvalue weighted by Crippen LogP contribution is 2.26. The molecule has 25 heavy (non-hydrogen) atoms. The molecule has 3 N–H and O–H groups in total. The van der Waals surface area contributed by atoms with Gasteiger partial charge in [-0.15, -0.1) is 12.4 Å². The number of amides is 1. The molecule has 1 heterocycles. The summed E-state index contributed by atoms with van der Waals surface area (Å²) in [7, 11) is 0. The maximum atomic E-state index is 13.0. The normalized spacial score (nSPS) is 20.1. The van der Waals surface area contributed by atoms with E-state index in [9.17, 15) is 9.18 Å². The molecule has 1 saturated heterocycles. The van der Waals surface area contributed by atoms with Crippen molar-refractivity contribution in [3.8, 4) is 0 Å². The van der Waals surface area contributed by atoms with Gasteiger partial charge in [0.2, 0.25) is 5.91 Å². The van der Waals surface area contributed by atoms with E-state index in [1.807, 2.05) is 23.1 Å². The van der Waals surface area contributed by atoms with Gasteiger partial charge in [-0.25, -0.2) is 4.39 Å². The van der Waals surface area contributed by atoms with Crippen LogP contribution in [0, 0.1) is 5.82 Å². The second-order valence-electron chi connectivity index (χ2n) is 6.05. The van der Waals surface area contributed by atoms with Crippen molar-refractivity contribution >= 4 is 35.6 Å². The molecule has 0 aliphatic carbocycles. The fourth-order valence-corrected chi connectivity index (χ4v) is 3.29. The number of nitrogens with two attached hydrogens (primary N) is 1. The molecular weight excluding hydrogens is 364 g/mol. The van der Waals surface area contributed by atoms with Crippen LogP contribution in [0.5, 0.6) is 0 Å². The first-order valence-corrected chi connectivity index (χ1v) is 8.18. The van der Waals surface area contributed by atoms with Crippen molar-refractivity contribution in [3.05, 3.63) is 64.9 Å². The number of hydrogen-bond donors (Lipinski definition) is 2. The van der Waals surface area contributed by atoms with Gasteiger partial charge in [-0.3, -0.25) is 9.69 Å². The van der Waals surface area contributed by atoms with Crippen molar-refractivity contribution in [2.45, 2.75) is 12.0 Å². The van der Waals surface area contributed by atoms with E-state index in [1.165, 1.54) is 23.8 Å². The fourth-order valence-electron chi connectivity index (χ4n) is 3.08. The quantitative estimate of drug-likeness (QED) is 0.851. The van der Waals surface area contributed by atoms with E-state index in [1.54, 1.807) is 0 Å². The SMILES string of the molecule is Cl.N[C@@H]1CN(CC(=O)Nc2ccc(F)cc2Cl)C[C@H]1c1ccccc1. The van der Waals surface area contributed by atoms with Crippen LogP contribution in [-0.4, -0.2) is 36.5 Å². The maximum Gasteiger partial charge on any atom is 0.238 e. The Morgan fingerprint density at radius 2 is 1.96 bits per heavy atom. The highest BCUT2D eigenvalue weighted by Gasteiger charge is 2.32. The summed E-state index contributed by atoms with van der Waals surface area (Å²) < 4.78 is 13.0. The summed E-state index contributed by atoms with van der Waals surface area (Å²) in [6.45, 7) is 1.62. The highest BCUT2D eigenvalue weighted by molar-refractivity contribution is 6.33. The van der Waals surface area contributed by atoms with Crippen LogP contribution < -0.4 is 11.1 Å². The van der Waals surface area contributed by atoms with Gasteiger partial charge >= 0.3 is 0 Å². The number of nitrogens with zero attached hydrogens (tertiary/aromatic N) is 1. The summed E-state index contributed by atoms with van der Waals surface area (Å²) in [5, 5.41) is 2.90. The Morgan fingerprint density at radius 1 is 1.24 bits per heavy atom. The molecule has 2 aromatic rings. The molecule has 7 heteroatoms. The number of carbonyl (C=O) groups is 1. The molecule has 134 valence electrons. The second-order valence-corrected chi connectivity index (χ2v) is 6.45. The number of halogens is 3. The fraction of sp³-hybridized carbons (Fsp3) is 0.278. The second kappa shape index (κ2) is 8.63. The predicted molar refractivity (Wildman–Crippen MR) is 101 cm³/mol. The Morgan fingerprint density at radius 3 is 2.64 bits per heavy atom. The Kier molecular flexibility index (Phi) is 6.79. The molecule has 2 atom stereocenters. The van der Waals surface area contributed by atoms with Crippen LogP contribution in [0.2, 0.25) is 5.02 Å². The topological polar surface area (TPSA) is 58.4 Å². The van der Waals surface area contributed by atoms with Gasteiger partial charge in [-0.1, -0.05) is 41.9 Å². The minimum Gasteiger partial charge on any atom is -0.326 e. The molecule has 0 saturated carbocycles.